The molecule has 1 aromatic carbocycles. The van der Waals surface area contributed by atoms with E-state index >= 15 is 0 Å². The van der Waals surface area contributed by atoms with E-state index in [1.807, 2.05) is 0 Å². The van der Waals surface area contributed by atoms with Crippen LogP contribution in [0.15, 0.2) is 29.8 Å². The molecule has 2 N–H and O–H groups in total. The van der Waals surface area contributed by atoms with Gasteiger partial charge < -0.3 is 15.2 Å². The summed E-state index contributed by atoms with van der Waals surface area (Å²) in [4.78, 5) is 12.1. The van der Waals surface area contributed by atoms with Gasteiger partial charge in [-0.25, -0.2) is 0 Å². The molecule has 2 rings (SSSR count). The van der Waals surface area contributed by atoms with Crippen molar-refractivity contribution in [3.63, 3.8) is 0 Å². The molecule has 0 saturated carbocycles. The van der Waals surface area contributed by atoms with E-state index in [-0.39, 0.29) is 18.8 Å². The Morgan fingerprint density at radius 2 is 2.09 bits per heavy atom. The number of amides is 1. The van der Waals surface area contributed by atoms with E-state index in [2.05, 4.69) is 5.32 Å². The number of rotatable bonds is 4. The number of alkyl halides is 3. The molecule has 0 radical (unpaired) electrons. The van der Waals surface area contributed by atoms with E-state index in [1.165, 1.54) is 12.1 Å². The highest BCUT2D eigenvalue weighted by Crippen LogP contribution is 2.37. The number of para-hydroxylation sites is 1. The molecule has 7 heteroatoms. The van der Waals surface area contributed by atoms with Crippen LogP contribution in [0.2, 0.25) is 0 Å². The summed E-state index contributed by atoms with van der Waals surface area (Å²) < 4.78 is 44.4. The predicted octanol–water partition coefficient (Wildman–Crippen LogP) is 2.28. The van der Waals surface area contributed by atoms with Gasteiger partial charge in [-0.1, -0.05) is 18.2 Å². The van der Waals surface area contributed by atoms with Crippen molar-refractivity contribution >= 4 is 12.0 Å². The summed E-state index contributed by atoms with van der Waals surface area (Å²) in [6.07, 6.45) is -5.55. The van der Waals surface area contributed by atoms with Crippen LogP contribution in [0.3, 0.4) is 0 Å². The van der Waals surface area contributed by atoms with Crippen LogP contribution in [0, 0.1) is 0 Å². The molecule has 2 unspecified atom stereocenters. The van der Waals surface area contributed by atoms with Crippen molar-refractivity contribution < 1.29 is 27.8 Å². The number of benzene rings is 1. The summed E-state index contributed by atoms with van der Waals surface area (Å²) in [6.45, 7) is 1.44. The number of aliphatic hydroxyl groups excluding tert-OH is 1. The minimum absolute atomic E-state index is 0.0878. The molecule has 1 amide bonds. The minimum Gasteiger partial charge on any atom is -0.475 e. The molecular formula is C15H16F3NO3. The standard InChI is InChI=1S/C15H16F3NO3/c1-9(6-7-20)19-14(21)11-8-10-4-2-3-5-12(10)22-13(11)15(16,17)18/h2-5,8-9,13,20H,6-7H2,1H3,(H,19,21). The number of nitrogens with one attached hydrogen (secondary N) is 1. The molecule has 1 heterocycles. The summed E-state index contributed by atoms with van der Waals surface area (Å²) in [5.74, 6) is -0.762. The lowest BCUT2D eigenvalue weighted by atomic mass is 10.00. The van der Waals surface area contributed by atoms with E-state index in [9.17, 15) is 18.0 Å². The normalized spacial score (nSPS) is 18.8. The summed E-state index contributed by atoms with van der Waals surface area (Å²) >= 11 is 0. The van der Waals surface area contributed by atoms with Crippen LogP contribution < -0.4 is 10.1 Å². The third-order valence-corrected chi connectivity index (χ3v) is 3.26. The van der Waals surface area contributed by atoms with Gasteiger partial charge in [-0.2, -0.15) is 13.2 Å². The fraction of sp³-hybridized carbons (Fsp3) is 0.400. The number of hydrogen-bond donors (Lipinski definition) is 2. The molecule has 22 heavy (non-hydrogen) atoms. The molecule has 0 aromatic heterocycles. The van der Waals surface area contributed by atoms with Crippen molar-refractivity contribution in [1.29, 1.82) is 0 Å². The highest BCUT2D eigenvalue weighted by molar-refractivity contribution is 6.00. The molecule has 0 bridgehead atoms. The molecule has 4 nitrogen and oxygen atoms in total. The van der Waals surface area contributed by atoms with E-state index in [0.717, 1.165) is 0 Å². The lowest BCUT2D eigenvalue weighted by Gasteiger charge is -2.28. The zero-order valence-corrected chi connectivity index (χ0v) is 11.9. The molecule has 0 fully saturated rings. The van der Waals surface area contributed by atoms with Gasteiger partial charge in [-0.05, 0) is 25.5 Å². The van der Waals surface area contributed by atoms with Crippen LogP contribution >= 0.6 is 0 Å². The molecule has 120 valence electrons. The minimum atomic E-state index is -4.70. The van der Waals surface area contributed by atoms with Gasteiger partial charge in [0, 0.05) is 18.2 Å². The van der Waals surface area contributed by atoms with Gasteiger partial charge in [0.25, 0.3) is 5.91 Å². The lowest BCUT2D eigenvalue weighted by molar-refractivity contribution is -0.185. The first-order chi connectivity index (χ1) is 10.3. The average molecular weight is 315 g/mol. The quantitative estimate of drug-likeness (QED) is 0.896. The summed E-state index contributed by atoms with van der Waals surface area (Å²) in [7, 11) is 0. The maximum atomic E-state index is 13.1. The number of hydrogen-bond acceptors (Lipinski definition) is 3. The first-order valence-corrected chi connectivity index (χ1v) is 6.78. The maximum absolute atomic E-state index is 13.1. The first kappa shape index (κ1) is 16.4. The molecule has 1 aliphatic heterocycles. The van der Waals surface area contributed by atoms with Gasteiger partial charge in [-0.15, -0.1) is 0 Å². The third-order valence-electron chi connectivity index (χ3n) is 3.26. The van der Waals surface area contributed by atoms with E-state index in [0.29, 0.717) is 5.56 Å². The highest BCUT2D eigenvalue weighted by atomic mass is 19.4. The van der Waals surface area contributed by atoms with Crippen molar-refractivity contribution in [2.24, 2.45) is 0 Å². The lowest BCUT2D eigenvalue weighted by Crippen LogP contribution is -2.45. The summed E-state index contributed by atoms with van der Waals surface area (Å²) in [5, 5.41) is 11.2. The Hall–Kier alpha value is -2.02. The van der Waals surface area contributed by atoms with E-state index < -0.39 is 29.8 Å². The van der Waals surface area contributed by atoms with Crippen molar-refractivity contribution in [3.8, 4) is 5.75 Å². The molecule has 0 aliphatic carbocycles. The zero-order valence-electron chi connectivity index (χ0n) is 11.9. The highest BCUT2D eigenvalue weighted by Gasteiger charge is 2.48. The Kier molecular flexibility index (Phi) is 4.75. The molecule has 0 saturated heterocycles. The number of carbonyl (C=O) groups excluding carboxylic acids is 1. The van der Waals surface area contributed by atoms with Crippen molar-refractivity contribution in [2.45, 2.75) is 31.7 Å². The Bertz CT molecular complexity index is 584. The second-order valence-corrected chi connectivity index (χ2v) is 5.06. The Morgan fingerprint density at radius 1 is 1.41 bits per heavy atom. The fourth-order valence-corrected chi connectivity index (χ4v) is 2.14. The molecular weight excluding hydrogens is 299 g/mol. The van der Waals surface area contributed by atoms with E-state index in [1.54, 1.807) is 25.1 Å². The van der Waals surface area contributed by atoms with Crippen molar-refractivity contribution in [1.82, 2.24) is 5.32 Å². The van der Waals surface area contributed by atoms with Gasteiger partial charge in [-0.3, -0.25) is 4.79 Å². The number of aliphatic hydroxyl groups is 1. The predicted molar refractivity (Wildman–Crippen MR) is 74.2 cm³/mol. The van der Waals surface area contributed by atoms with Gasteiger partial charge in [0.05, 0.1) is 5.57 Å². The SMILES string of the molecule is CC(CCO)NC(=O)C1=Cc2ccccc2OC1C(F)(F)F. The third kappa shape index (κ3) is 3.59. The Balaban J connectivity index is 2.31. The largest absolute Gasteiger partial charge is 0.475 e. The number of ether oxygens (including phenoxy) is 1. The van der Waals surface area contributed by atoms with Crippen LogP contribution in [0.5, 0.6) is 5.75 Å². The molecule has 1 aromatic rings. The number of halogens is 3. The van der Waals surface area contributed by atoms with Crippen LogP contribution in [0.1, 0.15) is 18.9 Å². The smallest absolute Gasteiger partial charge is 0.429 e. The average Bonchev–Trinajstić information content (AvgIpc) is 2.45. The van der Waals surface area contributed by atoms with Crippen molar-refractivity contribution in [3.05, 3.63) is 35.4 Å². The fourth-order valence-electron chi connectivity index (χ4n) is 2.14. The van der Waals surface area contributed by atoms with Crippen molar-refractivity contribution in [2.75, 3.05) is 6.61 Å². The second kappa shape index (κ2) is 6.39. The topological polar surface area (TPSA) is 58.6 Å². The van der Waals surface area contributed by atoms with Gasteiger partial charge in [0.1, 0.15) is 5.75 Å². The number of carbonyl (C=O) groups is 1. The maximum Gasteiger partial charge on any atom is 0.429 e. The zero-order chi connectivity index (χ0) is 16.3. The molecule has 0 spiro atoms. The van der Waals surface area contributed by atoms with Gasteiger partial charge >= 0.3 is 6.18 Å². The first-order valence-electron chi connectivity index (χ1n) is 6.78. The Labute approximate surface area is 125 Å². The van der Waals surface area contributed by atoms with Crippen LogP contribution in [-0.4, -0.2) is 35.9 Å². The van der Waals surface area contributed by atoms with E-state index in [4.69, 9.17) is 9.84 Å². The second-order valence-electron chi connectivity index (χ2n) is 5.06. The van der Waals surface area contributed by atoms with Crippen LogP contribution in [0.25, 0.3) is 6.08 Å². The van der Waals surface area contributed by atoms with Crippen LogP contribution in [-0.2, 0) is 4.79 Å². The van der Waals surface area contributed by atoms with Gasteiger partial charge in [0.15, 0.2) is 0 Å². The number of fused-ring (bicyclic) bond motifs is 1. The van der Waals surface area contributed by atoms with Gasteiger partial charge in [0.2, 0.25) is 6.10 Å². The summed E-state index contributed by atoms with van der Waals surface area (Å²) in [6, 6.07) is 5.77. The molecule has 1 aliphatic rings. The Morgan fingerprint density at radius 3 is 2.73 bits per heavy atom. The monoisotopic (exact) mass is 315 g/mol. The van der Waals surface area contributed by atoms with Crippen LogP contribution in [0.4, 0.5) is 13.2 Å². The molecule has 2 atom stereocenters. The summed E-state index contributed by atoms with van der Waals surface area (Å²) in [5.41, 5.74) is -0.0704.